The first-order chi connectivity index (χ1) is 8.46. The summed E-state index contributed by atoms with van der Waals surface area (Å²) in [7, 11) is 0. The third-order valence-corrected chi connectivity index (χ3v) is 3.38. The molecule has 0 fully saturated rings. The van der Waals surface area contributed by atoms with Crippen LogP contribution in [0.3, 0.4) is 0 Å². The Labute approximate surface area is 114 Å². The molecule has 0 spiro atoms. The van der Waals surface area contributed by atoms with Gasteiger partial charge in [0.15, 0.2) is 0 Å². The minimum absolute atomic E-state index is 0.220. The molecule has 1 aromatic rings. The first kappa shape index (κ1) is 15.0. The molecular weight excluding hydrogens is 248 g/mol. The minimum atomic E-state index is 0.220. The molecule has 18 heavy (non-hydrogen) atoms. The van der Waals surface area contributed by atoms with Crippen molar-refractivity contribution in [2.24, 2.45) is 5.41 Å². The standard InChI is InChI=1S/C13H23ClN4/c1-4-5-6-7-13(2,3)8-16-12-10(14)11(15)17-9-18-12/h9H,4-8H2,1-3H3,(H3,15,16,17,18). The van der Waals surface area contributed by atoms with Gasteiger partial charge >= 0.3 is 0 Å². The summed E-state index contributed by atoms with van der Waals surface area (Å²) in [6.07, 6.45) is 6.40. The summed E-state index contributed by atoms with van der Waals surface area (Å²) in [5, 5.41) is 3.66. The minimum Gasteiger partial charge on any atom is -0.382 e. The lowest BCUT2D eigenvalue weighted by Crippen LogP contribution is -2.23. The summed E-state index contributed by atoms with van der Waals surface area (Å²) in [6.45, 7) is 7.53. The summed E-state index contributed by atoms with van der Waals surface area (Å²) in [4.78, 5) is 7.94. The zero-order valence-electron chi connectivity index (χ0n) is 11.5. The van der Waals surface area contributed by atoms with Crippen LogP contribution in [0.4, 0.5) is 11.6 Å². The number of hydrogen-bond donors (Lipinski definition) is 2. The largest absolute Gasteiger partial charge is 0.382 e. The lowest BCUT2D eigenvalue weighted by Gasteiger charge is -2.25. The van der Waals surface area contributed by atoms with Crippen LogP contribution in [0.2, 0.25) is 5.02 Å². The molecule has 0 saturated carbocycles. The van der Waals surface area contributed by atoms with Gasteiger partial charge in [0.05, 0.1) is 0 Å². The van der Waals surface area contributed by atoms with Gasteiger partial charge in [-0.05, 0) is 11.8 Å². The van der Waals surface area contributed by atoms with Gasteiger partial charge in [-0.25, -0.2) is 9.97 Å². The van der Waals surface area contributed by atoms with Crippen LogP contribution >= 0.6 is 11.6 Å². The highest BCUT2D eigenvalue weighted by Crippen LogP contribution is 2.27. The Morgan fingerprint density at radius 3 is 2.72 bits per heavy atom. The highest BCUT2D eigenvalue weighted by molar-refractivity contribution is 6.35. The van der Waals surface area contributed by atoms with Crippen LogP contribution in [0, 0.1) is 5.41 Å². The van der Waals surface area contributed by atoms with Gasteiger partial charge in [-0.2, -0.15) is 0 Å². The molecule has 0 unspecified atom stereocenters. The fourth-order valence-electron chi connectivity index (χ4n) is 1.77. The maximum atomic E-state index is 6.04. The fourth-order valence-corrected chi connectivity index (χ4v) is 1.94. The van der Waals surface area contributed by atoms with Gasteiger partial charge in [0.2, 0.25) is 0 Å². The van der Waals surface area contributed by atoms with E-state index < -0.39 is 0 Å². The predicted molar refractivity (Wildman–Crippen MR) is 77.9 cm³/mol. The monoisotopic (exact) mass is 270 g/mol. The third kappa shape index (κ3) is 4.69. The van der Waals surface area contributed by atoms with Gasteiger partial charge in [-0.15, -0.1) is 0 Å². The quantitative estimate of drug-likeness (QED) is 0.741. The second-order valence-electron chi connectivity index (χ2n) is 5.40. The average Bonchev–Trinajstić information content (AvgIpc) is 2.31. The van der Waals surface area contributed by atoms with Crippen molar-refractivity contribution in [3.05, 3.63) is 11.3 Å². The first-order valence-corrected chi connectivity index (χ1v) is 6.84. The van der Waals surface area contributed by atoms with Crippen molar-refractivity contribution in [3.63, 3.8) is 0 Å². The molecule has 1 heterocycles. The number of nitrogen functional groups attached to an aromatic ring is 1. The van der Waals surface area contributed by atoms with Crippen molar-refractivity contribution in [2.75, 3.05) is 17.6 Å². The summed E-state index contributed by atoms with van der Waals surface area (Å²) in [5.41, 5.74) is 5.86. The van der Waals surface area contributed by atoms with Crippen LogP contribution in [-0.2, 0) is 0 Å². The van der Waals surface area contributed by atoms with Crippen LogP contribution < -0.4 is 11.1 Å². The molecule has 102 valence electrons. The second kappa shape index (κ2) is 6.78. The fraction of sp³-hybridized carbons (Fsp3) is 0.692. The molecular formula is C13H23ClN4. The molecule has 1 rings (SSSR count). The van der Waals surface area contributed by atoms with Gasteiger partial charge in [-0.3, -0.25) is 0 Å². The Kier molecular flexibility index (Phi) is 5.66. The summed E-state index contributed by atoms with van der Waals surface area (Å²) >= 11 is 6.04. The van der Waals surface area contributed by atoms with E-state index in [1.54, 1.807) is 0 Å². The normalized spacial score (nSPS) is 11.6. The van der Waals surface area contributed by atoms with Gasteiger partial charge in [0.25, 0.3) is 0 Å². The number of halogens is 1. The van der Waals surface area contributed by atoms with Crippen molar-refractivity contribution < 1.29 is 0 Å². The van der Waals surface area contributed by atoms with E-state index in [4.69, 9.17) is 17.3 Å². The van der Waals surface area contributed by atoms with Crippen LogP contribution in [0.1, 0.15) is 46.5 Å². The molecule has 0 aliphatic carbocycles. The summed E-state index contributed by atoms with van der Waals surface area (Å²) < 4.78 is 0. The molecule has 0 atom stereocenters. The highest BCUT2D eigenvalue weighted by Gasteiger charge is 2.18. The van der Waals surface area contributed by atoms with Crippen LogP contribution in [0.25, 0.3) is 0 Å². The van der Waals surface area contributed by atoms with Crippen molar-refractivity contribution in [3.8, 4) is 0 Å². The highest BCUT2D eigenvalue weighted by atomic mass is 35.5. The van der Waals surface area contributed by atoms with Crippen molar-refractivity contribution in [2.45, 2.75) is 46.5 Å². The van der Waals surface area contributed by atoms with Crippen LogP contribution in [-0.4, -0.2) is 16.5 Å². The number of nitrogens with zero attached hydrogens (tertiary/aromatic N) is 2. The zero-order chi connectivity index (χ0) is 13.6. The molecule has 4 nitrogen and oxygen atoms in total. The Morgan fingerprint density at radius 1 is 1.33 bits per heavy atom. The summed E-state index contributed by atoms with van der Waals surface area (Å²) in [6, 6.07) is 0. The van der Waals surface area contributed by atoms with E-state index in [-0.39, 0.29) is 5.41 Å². The maximum Gasteiger partial charge on any atom is 0.150 e. The molecule has 0 radical (unpaired) electrons. The average molecular weight is 271 g/mol. The van der Waals surface area contributed by atoms with E-state index in [9.17, 15) is 0 Å². The number of unbranched alkanes of at least 4 members (excludes halogenated alkanes) is 2. The van der Waals surface area contributed by atoms with E-state index in [2.05, 4.69) is 36.1 Å². The van der Waals surface area contributed by atoms with Crippen molar-refractivity contribution in [1.29, 1.82) is 0 Å². The number of aromatic nitrogens is 2. The van der Waals surface area contributed by atoms with E-state index in [1.807, 2.05) is 0 Å². The van der Waals surface area contributed by atoms with Crippen molar-refractivity contribution >= 4 is 23.2 Å². The molecule has 0 aliphatic heterocycles. The van der Waals surface area contributed by atoms with E-state index in [0.717, 1.165) is 6.54 Å². The van der Waals surface area contributed by atoms with E-state index in [1.165, 1.54) is 32.0 Å². The first-order valence-electron chi connectivity index (χ1n) is 6.46. The maximum absolute atomic E-state index is 6.04. The van der Waals surface area contributed by atoms with Crippen LogP contribution in [0.15, 0.2) is 6.33 Å². The second-order valence-corrected chi connectivity index (χ2v) is 5.77. The molecule has 0 bridgehead atoms. The van der Waals surface area contributed by atoms with Gasteiger partial charge in [0, 0.05) is 6.54 Å². The number of rotatable bonds is 7. The summed E-state index contributed by atoms with van der Waals surface area (Å²) in [5.74, 6) is 0.936. The molecule has 0 saturated heterocycles. The lowest BCUT2D eigenvalue weighted by atomic mass is 9.87. The van der Waals surface area contributed by atoms with E-state index >= 15 is 0 Å². The Bertz CT molecular complexity index is 379. The Morgan fingerprint density at radius 2 is 2.06 bits per heavy atom. The third-order valence-electron chi connectivity index (χ3n) is 3.01. The van der Waals surface area contributed by atoms with E-state index in [0.29, 0.717) is 16.7 Å². The Balaban J connectivity index is 2.50. The number of anilines is 2. The Hall–Kier alpha value is -1.03. The molecule has 1 aromatic heterocycles. The number of nitrogens with two attached hydrogens (primary N) is 1. The topological polar surface area (TPSA) is 63.8 Å². The predicted octanol–water partition coefficient (Wildman–Crippen LogP) is 3.73. The molecule has 5 heteroatoms. The molecule has 3 N–H and O–H groups in total. The molecule has 0 aromatic carbocycles. The zero-order valence-corrected chi connectivity index (χ0v) is 12.2. The van der Waals surface area contributed by atoms with Crippen LogP contribution in [0.5, 0.6) is 0 Å². The van der Waals surface area contributed by atoms with Gasteiger partial charge in [0.1, 0.15) is 23.0 Å². The SMILES string of the molecule is CCCCCC(C)(C)CNc1ncnc(N)c1Cl. The molecule has 0 amide bonds. The van der Waals surface area contributed by atoms with Crippen molar-refractivity contribution in [1.82, 2.24) is 9.97 Å². The molecule has 0 aliphatic rings. The number of hydrogen-bond acceptors (Lipinski definition) is 4. The smallest absolute Gasteiger partial charge is 0.150 e. The van der Waals surface area contributed by atoms with Gasteiger partial charge < -0.3 is 11.1 Å². The lowest BCUT2D eigenvalue weighted by molar-refractivity contribution is 0.342. The van der Waals surface area contributed by atoms with Gasteiger partial charge in [-0.1, -0.05) is 51.6 Å². The number of nitrogens with one attached hydrogen (secondary N) is 1.